The van der Waals surface area contributed by atoms with Crippen LogP contribution < -0.4 is 25.4 Å². The van der Waals surface area contributed by atoms with Gasteiger partial charge in [-0.1, -0.05) is 47.5 Å². The SMILES string of the molecule is COc1ccc(/C=C(\NC(=O)c2ccccc2)C(=O)Nc2ccc(SC(C)C(=O)Nc3cc(Cl)cc(Cl)c3)cc2)cc1OC. The fourth-order valence-electron chi connectivity index (χ4n) is 3.99. The first kappa shape index (κ1) is 32.5. The highest BCUT2D eigenvalue weighted by molar-refractivity contribution is 8.00. The minimum Gasteiger partial charge on any atom is -0.493 e. The van der Waals surface area contributed by atoms with Crippen molar-refractivity contribution in [3.05, 3.63) is 118 Å². The van der Waals surface area contributed by atoms with Crippen molar-refractivity contribution in [3.63, 3.8) is 0 Å². The number of carbonyl (C=O) groups excluding carboxylic acids is 3. The summed E-state index contributed by atoms with van der Waals surface area (Å²) >= 11 is 13.4. The second kappa shape index (κ2) is 15.3. The predicted molar refractivity (Wildman–Crippen MR) is 177 cm³/mol. The lowest BCUT2D eigenvalue weighted by Gasteiger charge is -2.14. The Hall–Kier alpha value is -4.44. The van der Waals surface area contributed by atoms with Crippen molar-refractivity contribution in [2.24, 2.45) is 0 Å². The van der Waals surface area contributed by atoms with Gasteiger partial charge in [-0.05, 0) is 85.3 Å². The van der Waals surface area contributed by atoms with Gasteiger partial charge in [0.25, 0.3) is 11.8 Å². The first-order chi connectivity index (χ1) is 21.1. The number of methoxy groups -OCH3 is 2. The third-order valence-electron chi connectivity index (χ3n) is 6.17. The van der Waals surface area contributed by atoms with Gasteiger partial charge in [-0.3, -0.25) is 14.4 Å². The monoisotopic (exact) mass is 649 g/mol. The van der Waals surface area contributed by atoms with E-state index in [1.165, 1.54) is 26.0 Å². The maximum atomic E-state index is 13.4. The molecular weight excluding hydrogens is 621 g/mol. The van der Waals surface area contributed by atoms with E-state index in [-0.39, 0.29) is 11.6 Å². The number of amides is 3. The highest BCUT2D eigenvalue weighted by Gasteiger charge is 2.18. The summed E-state index contributed by atoms with van der Waals surface area (Å²) in [5, 5.41) is 8.77. The first-order valence-corrected chi connectivity index (χ1v) is 14.9. The van der Waals surface area contributed by atoms with Crippen molar-refractivity contribution in [2.75, 3.05) is 24.9 Å². The van der Waals surface area contributed by atoms with Gasteiger partial charge in [-0.15, -0.1) is 11.8 Å². The average molecular weight is 651 g/mol. The van der Waals surface area contributed by atoms with Gasteiger partial charge < -0.3 is 25.4 Å². The number of rotatable bonds is 11. The van der Waals surface area contributed by atoms with E-state index in [0.717, 1.165) is 4.90 Å². The number of hydrogen-bond acceptors (Lipinski definition) is 6. The number of hydrogen-bond donors (Lipinski definition) is 3. The number of ether oxygens (including phenoxy) is 2. The van der Waals surface area contributed by atoms with Crippen LogP contribution >= 0.6 is 35.0 Å². The van der Waals surface area contributed by atoms with Crippen molar-refractivity contribution in [1.29, 1.82) is 0 Å². The zero-order valence-corrected chi connectivity index (χ0v) is 26.3. The van der Waals surface area contributed by atoms with Gasteiger partial charge in [0, 0.05) is 31.9 Å². The van der Waals surface area contributed by atoms with Gasteiger partial charge in [0.05, 0.1) is 19.5 Å². The number of thioether (sulfide) groups is 1. The Kier molecular flexibility index (Phi) is 11.3. The van der Waals surface area contributed by atoms with Crippen molar-refractivity contribution < 1.29 is 23.9 Å². The molecule has 0 aromatic heterocycles. The molecule has 3 amide bonds. The third-order valence-corrected chi connectivity index (χ3v) is 7.72. The summed E-state index contributed by atoms with van der Waals surface area (Å²) in [5.41, 5.74) is 2.04. The molecule has 44 heavy (non-hydrogen) atoms. The van der Waals surface area contributed by atoms with E-state index in [1.54, 1.807) is 104 Å². The van der Waals surface area contributed by atoms with Crippen LogP contribution in [0.3, 0.4) is 0 Å². The highest BCUT2D eigenvalue weighted by Crippen LogP contribution is 2.29. The molecule has 11 heteroatoms. The van der Waals surface area contributed by atoms with E-state index < -0.39 is 17.1 Å². The molecule has 226 valence electrons. The molecule has 0 aliphatic carbocycles. The minimum absolute atomic E-state index is 0.0240. The Labute approximate surface area is 269 Å². The summed E-state index contributed by atoms with van der Waals surface area (Å²) in [5.74, 6) is -0.181. The van der Waals surface area contributed by atoms with Crippen LogP contribution in [-0.2, 0) is 9.59 Å². The Bertz CT molecular complexity index is 1660. The molecule has 3 N–H and O–H groups in total. The van der Waals surface area contributed by atoms with Gasteiger partial charge in [0.15, 0.2) is 11.5 Å². The second-order valence-electron chi connectivity index (χ2n) is 9.38. The molecule has 4 aromatic rings. The van der Waals surface area contributed by atoms with Gasteiger partial charge in [0.2, 0.25) is 5.91 Å². The van der Waals surface area contributed by atoms with E-state index in [4.69, 9.17) is 32.7 Å². The van der Waals surface area contributed by atoms with Gasteiger partial charge in [-0.2, -0.15) is 0 Å². The molecule has 0 fully saturated rings. The van der Waals surface area contributed by atoms with Crippen LogP contribution in [0.4, 0.5) is 11.4 Å². The first-order valence-electron chi connectivity index (χ1n) is 13.3. The number of benzene rings is 4. The van der Waals surface area contributed by atoms with Crippen LogP contribution in [0.2, 0.25) is 10.0 Å². The minimum atomic E-state index is -0.530. The summed E-state index contributed by atoms with van der Waals surface area (Å²) in [7, 11) is 3.05. The normalized spacial score (nSPS) is 11.7. The fourth-order valence-corrected chi connectivity index (χ4v) is 5.39. The predicted octanol–water partition coefficient (Wildman–Crippen LogP) is 7.54. The van der Waals surface area contributed by atoms with E-state index >= 15 is 0 Å². The number of anilines is 2. The molecule has 0 aliphatic heterocycles. The van der Waals surface area contributed by atoms with E-state index in [1.807, 2.05) is 0 Å². The molecular formula is C33H29Cl2N3O5S. The molecule has 0 aliphatic rings. The van der Waals surface area contributed by atoms with E-state index in [0.29, 0.717) is 44.0 Å². The van der Waals surface area contributed by atoms with E-state index in [9.17, 15) is 14.4 Å². The molecule has 8 nitrogen and oxygen atoms in total. The zero-order valence-electron chi connectivity index (χ0n) is 24.0. The smallest absolute Gasteiger partial charge is 0.272 e. The molecule has 0 heterocycles. The summed E-state index contributed by atoms with van der Waals surface area (Å²) in [6.45, 7) is 1.78. The molecule has 4 aromatic carbocycles. The summed E-state index contributed by atoms with van der Waals surface area (Å²) < 4.78 is 10.7. The molecule has 0 saturated carbocycles. The van der Waals surface area contributed by atoms with Crippen LogP contribution in [0.25, 0.3) is 6.08 Å². The number of nitrogens with one attached hydrogen (secondary N) is 3. The van der Waals surface area contributed by atoms with E-state index in [2.05, 4.69) is 16.0 Å². The van der Waals surface area contributed by atoms with Crippen molar-refractivity contribution >= 4 is 70.1 Å². The molecule has 4 rings (SSSR count). The fraction of sp³-hybridized carbons (Fsp3) is 0.121. The molecule has 0 spiro atoms. The Morgan fingerprint density at radius 1 is 0.773 bits per heavy atom. The average Bonchev–Trinajstić information content (AvgIpc) is 3.01. The lowest BCUT2D eigenvalue weighted by molar-refractivity contribution is -0.115. The standard InChI is InChI=1S/C33H29Cl2N3O5S/c1-20(31(39)37-26-18-23(34)17-24(35)19-26)44-27-12-10-25(11-13-27)36-33(41)28(38-32(40)22-7-5-4-6-8-22)15-21-9-14-29(42-2)30(16-21)43-3/h4-20H,1-3H3,(H,36,41)(H,37,39)(H,38,40)/b28-15-. The summed E-state index contributed by atoms with van der Waals surface area (Å²) in [6, 6.07) is 25.6. The second-order valence-corrected chi connectivity index (χ2v) is 11.7. The van der Waals surface area contributed by atoms with Gasteiger partial charge in [-0.25, -0.2) is 0 Å². The largest absolute Gasteiger partial charge is 0.493 e. The number of halogens is 2. The quantitative estimate of drug-likeness (QED) is 0.114. The Morgan fingerprint density at radius 2 is 1.43 bits per heavy atom. The van der Waals surface area contributed by atoms with Crippen LogP contribution in [0.15, 0.2) is 102 Å². The van der Waals surface area contributed by atoms with Crippen molar-refractivity contribution in [1.82, 2.24) is 5.32 Å². The van der Waals surface area contributed by atoms with Crippen molar-refractivity contribution in [2.45, 2.75) is 17.1 Å². The van der Waals surface area contributed by atoms with Crippen LogP contribution in [-0.4, -0.2) is 37.2 Å². The lowest BCUT2D eigenvalue weighted by Crippen LogP contribution is -2.30. The summed E-state index contributed by atoms with van der Waals surface area (Å²) in [4.78, 5) is 39.9. The zero-order chi connectivity index (χ0) is 31.6. The van der Waals surface area contributed by atoms with Crippen molar-refractivity contribution in [3.8, 4) is 11.5 Å². The Balaban J connectivity index is 1.47. The maximum absolute atomic E-state index is 13.4. The molecule has 1 atom stereocenters. The molecule has 0 saturated heterocycles. The Morgan fingerprint density at radius 3 is 2.07 bits per heavy atom. The molecule has 1 unspecified atom stereocenters. The maximum Gasteiger partial charge on any atom is 0.272 e. The topological polar surface area (TPSA) is 106 Å². The number of carbonyl (C=O) groups is 3. The van der Waals surface area contributed by atoms with Crippen LogP contribution in [0, 0.1) is 0 Å². The van der Waals surface area contributed by atoms with Gasteiger partial charge in [0.1, 0.15) is 5.70 Å². The third kappa shape index (κ3) is 9.03. The van der Waals surface area contributed by atoms with Crippen LogP contribution in [0.5, 0.6) is 11.5 Å². The molecule has 0 bridgehead atoms. The highest BCUT2D eigenvalue weighted by atomic mass is 35.5. The lowest BCUT2D eigenvalue weighted by atomic mass is 10.1. The van der Waals surface area contributed by atoms with Gasteiger partial charge >= 0.3 is 0 Å². The molecule has 0 radical (unpaired) electrons. The summed E-state index contributed by atoms with van der Waals surface area (Å²) in [6.07, 6.45) is 1.55. The van der Waals surface area contributed by atoms with Crippen LogP contribution in [0.1, 0.15) is 22.8 Å².